The summed E-state index contributed by atoms with van der Waals surface area (Å²) in [7, 11) is -3.65. The first-order valence-corrected chi connectivity index (χ1v) is 9.51. The van der Waals surface area contributed by atoms with Gasteiger partial charge in [-0.1, -0.05) is 42.5 Å². The molecule has 0 N–H and O–H groups in total. The zero-order valence-corrected chi connectivity index (χ0v) is 14.3. The second-order valence-corrected chi connectivity index (χ2v) is 7.84. The summed E-state index contributed by atoms with van der Waals surface area (Å²) >= 11 is 0. The van der Waals surface area contributed by atoms with Crippen molar-refractivity contribution in [3.05, 3.63) is 72.6 Å². The second-order valence-electron chi connectivity index (χ2n) is 6.01. The first kappa shape index (κ1) is 15.1. The summed E-state index contributed by atoms with van der Waals surface area (Å²) in [5.74, 6) is 0.616. The molecule has 7 heteroatoms. The third-order valence-electron chi connectivity index (χ3n) is 4.45. The summed E-state index contributed by atoms with van der Waals surface area (Å²) in [6.45, 7) is -0.00401. The molecule has 2 heterocycles. The van der Waals surface area contributed by atoms with E-state index in [1.54, 1.807) is 18.2 Å². The predicted octanol–water partition coefficient (Wildman–Crippen LogP) is 3.60. The van der Waals surface area contributed by atoms with Crippen LogP contribution in [0.25, 0.3) is 22.2 Å². The van der Waals surface area contributed by atoms with Crippen LogP contribution >= 0.6 is 0 Å². The van der Waals surface area contributed by atoms with E-state index in [0.717, 1.165) is 16.3 Å². The van der Waals surface area contributed by atoms with Gasteiger partial charge in [0, 0.05) is 10.9 Å². The molecule has 0 saturated carbocycles. The van der Waals surface area contributed by atoms with Crippen LogP contribution in [-0.2, 0) is 16.6 Å². The van der Waals surface area contributed by atoms with Gasteiger partial charge in [-0.05, 0) is 29.7 Å². The molecule has 0 atom stereocenters. The standard InChI is InChI=1S/C19H13N3O3S/c23-26(24)16-11-5-9-13-8-4-10-15(18(13)16)22(26)12-17-20-21-19(25-17)14-6-2-1-3-7-14/h1-11H,12H2. The van der Waals surface area contributed by atoms with E-state index < -0.39 is 10.0 Å². The average molecular weight is 363 g/mol. The number of benzene rings is 3. The van der Waals surface area contributed by atoms with Gasteiger partial charge in [-0.3, -0.25) is 4.31 Å². The largest absolute Gasteiger partial charge is 0.419 e. The van der Waals surface area contributed by atoms with Crippen molar-refractivity contribution < 1.29 is 12.8 Å². The van der Waals surface area contributed by atoms with Crippen molar-refractivity contribution in [2.45, 2.75) is 11.4 Å². The van der Waals surface area contributed by atoms with E-state index >= 15 is 0 Å². The Morgan fingerprint density at radius 3 is 2.46 bits per heavy atom. The maximum atomic E-state index is 13.0. The molecule has 5 rings (SSSR count). The number of sulfonamides is 1. The van der Waals surface area contributed by atoms with Gasteiger partial charge in [0.05, 0.1) is 10.6 Å². The van der Waals surface area contributed by atoms with Gasteiger partial charge in [0.1, 0.15) is 6.54 Å². The lowest BCUT2D eigenvalue weighted by molar-refractivity contribution is 0.505. The number of hydrogen-bond donors (Lipinski definition) is 0. The van der Waals surface area contributed by atoms with Gasteiger partial charge in [0.2, 0.25) is 11.8 Å². The van der Waals surface area contributed by atoms with Gasteiger partial charge in [-0.25, -0.2) is 8.42 Å². The molecule has 128 valence electrons. The molecule has 1 aliphatic heterocycles. The molecule has 0 bridgehead atoms. The molecule has 1 aromatic heterocycles. The van der Waals surface area contributed by atoms with E-state index in [4.69, 9.17) is 4.42 Å². The maximum absolute atomic E-state index is 13.0. The Bertz CT molecular complexity index is 1230. The molecule has 0 spiro atoms. The van der Waals surface area contributed by atoms with Gasteiger partial charge in [-0.2, -0.15) is 0 Å². The number of rotatable bonds is 3. The fourth-order valence-corrected chi connectivity index (χ4v) is 4.93. The van der Waals surface area contributed by atoms with Crippen LogP contribution in [0.3, 0.4) is 0 Å². The van der Waals surface area contributed by atoms with Crippen LogP contribution in [0.1, 0.15) is 5.89 Å². The van der Waals surface area contributed by atoms with Crippen LogP contribution < -0.4 is 4.31 Å². The summed E-state index contributed by atoms with van der Waals surface area (Å²) in [5.41, 5.74) is 1.43. The van der Waals surface area contributed by atoms with Crippen molar-refractivity contribution in [2.75, 3.05) is 4.31 Å². The summed E-state index contributed by atoms with van der Waals surface area (Å²) in [4.78, 5) is 0.313. The SMILES string of the molecule is O=S1(=O)c2cccc3cccc(c23)N1Cc1nnc(-c2ccccc2)o1. The average Bonchev–Trinajstić information content (AvgIpc) is 3.22. The highest BCUT2D eigenvalue weighted by atomic mass is 32.2. The van der Waals surface area contributed by atoms with Crippen LogP contribution in [0.5, 0.6) is 0 Å². The topological polar surface area (TPSA) is 76.3 Å². The number of anilines is 1. The number of nitrogens with zero attached hydrogens (tertiary/aromatic N) is 3. The summed E-state index contributed by atoms with van der Waals surface area (Å²) in [5, 5.41) is 9.69. The normalized spacial score (nSPS) is 14.8. The monoisotopic (exact) mass is 363 g/mol. The van der Waals surface area contributed by atoms with Crippen LogP contribution in [0.2, 0.25) is 0 Å². The van der Waals surface area contributed by atoms with Crippen molar-refractivity contribution in [1.82, 2.24) is 10.2 Å². The Kier molecular flexibility index (Phi) is 3.14. The zero-order valence-electron chi connectivity index (χ0n) is 13.5. The van der Waals surface area contributed by atoms with E-state index in [9.17, 15) is 8.42 Å². The minimum absolute atomic E-state index is 0.00401. The highest BCUT2D eigenvalue weighted by Gasteiger charge is 2.36. The summed E-state index contributed by atoms with van der Waals surface area (Å²) < 4.78 is 33.0. The molecule has 3 aromatic carbocycles. The fourth-order valence-electron chi connectivity index (χ4n) is 3.27. The molecular weight excluding hydrogens is 350 g/mol. The van der Waals surface area contributed by atoms with Crippen LogP contribution in [-0.4, -0.2) is 18.6 Å². The highest BCUT2D eigenvalue weighted by molar-refractivity contribution is 7.93. The van der Waals surface area contributed by atoms with Gasteiger partial charge in [0.25, 0.3) is 10.0 Å². The van der Waals surface area contributed by atoms with Crippen LogP contribution in [0, 0.1) is 0 Å². The number of aromatic nitrogens is 2. The van der Waals surface area contributed by atoms with E-state index in [1.807, 2.05) is 48.5 Å². The Labute approximate surface area is 149 Å². The van der Waals surface area contributed by atoms with Crippen molar-refractivity contribution >= 4 is 26.5 Å². The van der Waals surface area contributed by atoms with Crippen molar-refractivity contribution in [3.8, 4) is 11.5 Å². The molecule has 0 saturated heterocycles. The highest BCUT2D eigenvalue weighted by Crippen LogP contribution is 2.42. The molecule has 4 aromatic rings. The van der Waals surface area contributed by atoms with Gasteiger partial charge >= 0.3 is 0 Å². The molecule has 0 radical (unpaired) electrons. The lowest BCUT2D eigenvalue weighted by Crippen LogP contribution is -2.26. The summed E-state index contributed by atoms with van der Waals surface area (Å²) in [6, 6.07) is 20.2. The Morgan fingerprint density at radius 1 is 0.885 bits per heavy atom. The third kappa shape index (κ3) is 2.14. The molecule has 1 aliphatic rings. The lowest BCUT2D eigenvalue weighted by Gasteiger charge is -2.16. The van der Waals surface area contributed by atoms with Crippen molar-refractivity contribution in [2.24, 2.45) is 0 Å². The van der Waals surface area contributed by atoms with Crippen molar-refractivity contribution in [3.63, 3.8) is 0 Å². The molecule has 26 heavy (non-hydrogen) atoms. The molecule has 0 aliphatic carbocycles. The third-order valence-corrected chi connectivity index (χ3v) is 6.25. The smallest absolute Gasteiger partial charge is 0.265 e. The van der Waals surface area contributed by atoms with E-state index in [0.29, 0.717) is 16.5 Å². The Hall–Kier alpha value is -3.19. The quantitative estimate of drug-likeness (QED) is 0.556. The second kappa shape index (κ2) is 5.40. The minimum Gasteiger partial charge on any atom is -0.419 e. The van der Waals surface area contributed by atoms with Crippen molar-refractivity contribution in [1.29, 1.82) is 0 Å². The molecular formula is C19H13N3O3S. The maximum Gasteiger partial charge on any atom is 0.265 e. The fraction of sp³-hybridized carbons (Fsp3) is 0.0526. The van der Waals surface area contributed by atoms with Gasteiger partial charge < -0.3 is 4.42 Å². The van der Waals surface area contributed by atoms with Crippen LogP contribution in [0.15, 0.2) is 76.0 Å². The van der Waals surface area contributed by atoms with Crippen LogP contribution in [0.4, 0.5) is 5.69 Å². The zero-order chi connectivity index (χ0) is 17.7. The van der Waals surface area contributed by atoms with Gasteiger partial charge in [0.15, 0.2) is 0 Å². The number of hydrogen-bond acceptors (Lipinski definition) is 5. The van der Waals surface area contributed by atoms with Gasteiger partial charge in [-0.15, -0.1) is 10.2 Å². The molecule has 0 fully saturated rings. The summed E-state index contributed by atoms with van der Waals surface area (Å²) in [6.07, 6.45) is 0. The molecule has 6 nitrogen and oxygen atoms in total. The van der Waals surface area contributed by atoms with E-state index in [1.165, 1.54) is 4.31 Å². The Morgan fingerprint density at radius 2 is 1.65 bits per heavy atom. The first-order chi connectivity index (χ1) is 12.6. The Balaban J connectivity index is 1.56. The van der Waals surface area contributed by atoms with E-state index in [-0.39, 0.29) is 12.4 Å². The molecule has 0 unspecified atom stereocenters. The molecule has 0 amide bonds. The minimum atomic E-state index is -3.65. The van der Waals surface area contributed by atoms with E-state index in [2.05, 4.69) is 10.2 Å². The first-order valence-electron chi connectivity index (χ1n) is 8.07. The predicted molar refractivity (Wildman–Crippen MR) is 97.1 cm³/mol. The lowest BCUT2D eigenvalue weighted by atomic mass is 10.1.